The number of nitrogens with one attached hydrogen (secondary N) is 1. The van der Waals surface area contributed by atoms with Crippen molar-refractivity contribution in [2.24, 2.45) is 5.92 Å². The summed E-state index contributed by atoms with van der Waals surface area (Å²) in [6.07, 6.45) is 1.86. The average molecular weight is 359 g/mol. The van der Waals surface area contributed by atoms with Crippen molar-refractivity contribution in [2.45, 2.75) is 53.2 Å². The lowest BCUT2D eigenvalue weighted by atomic mass is 9.96. The molecule has 3 rings (SSSR count). The van der Waals surface area contributed by atoms with Gasteiger partial charge in [0.1, 0.15) is 0 Å². The van der Waals surface area contributed by atoms with Crippen molar-refractivity contribution in [3.63, 3.8) is 0 Å². The first-order chi connectivity index (χ1) is 12.6. The summed E-state index contributed by atoms with van der Waals surface area (Å²) in [6.45, 7) is 8.19. The second-order valence-corrected chi connectivity index (χ2v) is 6.53. The Kier molecular flexibility index (Phi) is 5.61. The normalized spacial score (nSPS) is 17.8. The molecule has 0 saturated heterocycles. The van der Waals surface area contributed by atoms with Crippen LogP contribution in [0.5, 0.6) is 0 Å². The number of ether oxygens (including phenoxy) is 2. The van der Waals surface area contributed by atoms with Crippen molar-refractivity contribution >= 4 is 23.0 Å². The van der Waals surface area contributed by atoms with Crippen LogP contribution in [0, 0.1) is 5.92 Å². The topological polar surface area (TPSA) is 65.4 Å². The maximum absolute atomic E-state index is 11.5. The Bertz CT molecular complexity index is 831. The SMILES string of the molecule is CCC(=O)OCOC1C(CC)=C(C(C)CC)Nc2nc3ccccc3n21.[HH]. The third-order valence-corrected chi connectivity index (χ3v) is 4.94. The molecular formula is C20H29N3O3. The number of aromatic nitrogens is 2. The van der Waals surface area contributed by atoms with Crippen LogP contribution in [-0.2, 0) is 14.3 Å². The number of carbonyl (C=O) groups excluding carboxylic acids is 1. The first-order valence-corrected chi connectivity index (χ1v) is 9.34. The summed E-state index contributed by atoms with van der Waals surface area (Å²) in [6, 6.07) is 7.99. The van der Waals surface area contributed by atoms with Crippen molar-refractivity contribution in [3.8, 4) is 0 Å². The quantitative estimate of drug-likeness (QED) is 0.566. The molecule has 0 amide bonds. The second kappa shape index (κ2) is 7.91. The van der Waals surface area contributed by atoms with Crippen LogP contribution in [0.4, 0.5) is 5.95 Å². The van der Waals surface area contributed by atoms with Gasteiger partial charge in [-0.2, -0.15) is 0 Å². The molecule has 0 aliphatic carbocycles. The molecule has 0 saturated carbocycles. The standard InChI is InChI=1S/C20H27N3O3.H2/c1-5-13(4)18-14(6-2)19(26-12-25-17(24)7-3)23-16-11-9-8-10-15(16)21-20(23)22-18;/h8-11,13,19H,5-7,12H2,1-4H3,(H,21,22);1H. The van der Waals surface area contributed by atoms with Gasteiger partial charge < -0.3 is 14.8 Å². The minimum absolute atomic E-state index is 0. The van der Waals surface area contributed by atoms with Crippen LogP contribution in [-0.4, -0.2) is 22.3 Å². The zero-order chi connectivity index (χ0) is 18.7. The van der Waals surface area contributed by atoms with Crippen LogP contribution in [0.15, 0.2) is 35.5 Å². The van der Waals surface area contributed by atoms with Crippen molar-refractivity contribution in [1.29, 1.82) is 0 Å². The molecule has 142 valence electrons. The summed E-state index contributed by atoms with van der Waals surface area (Å²) >= 11 is 0. The lowest BCUT2D eigenvalue weighted by Crippen LogP contribution is -2.29. The van der Waals surface area contributed by atoms with Crippen molar-refractivity contribution in [3.05, 3.63) is 35.5 Å². The fourth-order valence-corrected chi connectivity index (χ4v) is 3.31. The number of benzene rings is 1. The molecule has 2 unspecified atom stereocenters. The number of hydrogen-bond donors (Lipinski definition) is 1. The van der Waals surface area contributed by atoms with Gasteiger partial charge >= 0.3 is 5.97 Å². The number of rotatable bonds is 7. The molecule has 2 heterocycles. The van der Waals surface area contributed by atoms with Crippen molar-refractivity contribution in [2.75, 3.05) is 12.1 Å². The zero-order valence-electron chi connectivity index (χ0n) is 15.9. The van der Waals surface area contributed by atoms with Gasteiger partial charge in [-0.3, -0.25) is 9.36 Å². The van der Waals surface area contributed by atoms with Crippen LogP contribution in [0.3, 0.4) is 0 Å². The number of imidazole rings is 1. The summed E-state index contributed by atoms with van der Waals surface area (Å²) in [5.74, 6) is 0.868. The summed E-state index contributed by atoms with van der Waals surface area (Å²) < 4.78 is 13.3. The molecule has 0 radical (unpaired) electrons. The highest BCUT2D eigenvalue weighted by atomic mass is 16.7. The number of fused-ring (bicyclic) bond motifs is 3. The number of nitrogens with zero attached hydrogens (tertiary/aromatic N) is 2. The van der Waals surface area contributed by atoms with Gasteiger partial charge in [-0.15, -0.1) is 0 Å². The van der Waals surface area contributed by atoms with Crippen molar-refractivity contribution < 1.29 is 15.7 Å². The lowest BCUT2D eigenvalue weighted by Gasteiger charge is -2.33. The van der Waals surface area contributed by atoms with Crippen LogP contribution in [0.1, 0.15) is 54.6 Å². The van der Waals surface area contributed by atoms with Crippen LogP contribution < -0.4 is 5.32 Å². The predicted molar refractivity (Wildman–Crippen MR) is 104 cm³/mol. The van der Waals surface area contributed by atoms with E-state index in [1.807, 2.05) is 24.3 Å². The van der Waals surface area contributed by atoms with Gasteiger partial charge in [0, 0.05) is 13.5 Å². The molecule has 1 aliphatic rings. The lowest BCUT2D eigenvalue weighted by molar-refractivity contribution is -0.162. The summed E-state index contributed by atoms with van der Waals surface area (Å²) in [7, 11) is 0. The molecule has 1 aromatic heterocycles. The number of hydrogen-bond acceptors (Lipinski definition) is 5. The van der Waals surface area contributed by atoms with Crippen LogP contribution in [0.2, 0.25) is 0 Å². The molecule has 2 atom stereocenters. The number of para-hydroxylation sites is 2. The largest absolute Gasteiger partial charge is 0.438 e. The number of carbonyl (C=O) groups is 1. The fraction of sp³-hybridized carbons (Fsp3) is 0.500. The molecule has 6 nitrogen and oxygen atoms in total. The van der Waals surface area contributed by atoms with E-state index in [0.29, 0.717) is 12.3 Å². The van der Waals surface area contributed by atoms with E-state index in [-0.39, 0.29) is 20.4 Å². The maximum atomic E-state index is 11.5. The molecular weight excluding hydrogens is 330 g/mol. The molecule has 2 aromatic rings. The first-order valence-electron chi connectivity index (χ1n) is 9.34. The smallest absolute Gasteiger partial charge is 0.307 e. The molecule has 1 aliphatic heterocycles. The highest BCUT2D eigenvalue weighted by Gasteiger charge is 2.31. The number of anilines is 1. The molecule has 1 N–H and O–H groups in total. The van der Waals surface area contributed by atoms with Gasteiger partial charge in [-0.1, -0.05) is 39.8 Å². The van der Waals surface area contributed by atoms with Crippen LogP contribution in [0.25, 0.3) is 11.0 Å². The van der Waals surface area contributed by atoms with E-state index in [0.717, 1.165) is 35.5 Å². The molecule has 26 heavy (non-hydrogen) atoms. The Morgan fingerprint density at radius 3 is 2.81 bits per heavy atom. The Morgan fingerprint density at radius 1 is 1.35 bits per heavy atom. The number of esters is 1. The van der Waals surface area contributed by atoms with Gasteiger partial charge in [-0.05, 0) is 36.5 Å². The van der Waals surface area contributed by atoms with Gasteiger partial charge in [0.2, 0.25) is 5.95 Å². The van der Waals surface area contributed by atoms with Gasteiger partial charge in [0.05, 0.1) is 11.0 Å². The Morgan fingerprint density at radius 2 is 2.12 bits per heavy atom. The maximum Gasteiger partial charge on any atom is 0.307 e. The van der Waals surface area contributed by atoms with Crippen LogP contribution >= 0.6 is 0 Å². The van der Waals surface area contributed by atoms with E-state index in [1.54, 1.807) is 6.92 Å². The minimum Gasteiger partial charge on any atom is -0.438 e. The van der Waals surface area contributed by atoms with E-state index in [2.05, 4.69) is 30.7 Å². The van der Waals surface area contributed by atoms with E-state index >= 15 is 0 Å². The van der Waals surface area contributed by atoms with E-state index in [9.17, 15) is 4.79 Å². The van der Waals surface area contributed by atoms with Gasteiger partial charge in [-0.25, -0.2) is 4.98 Å². The van der Waals surface area contributed by atoms with E-state index < -0.39 is 0 Å². The van der Waals surface area contributed by atoms with E-state index in [1.165, 1.54) is 5.57 Å². The average Bonchev–Trinajstić information content (AvgIpc) is 3.04. The third-order valence-electron chi connectivity index (χ3n) is 4.94. The van der Waals surface area contributed by atoms with Gasteiger partial charge in [0.25, 0.3) is 0 Å². The van der Waals surface area contributed by atoms with Gasteiger partial charge in [0.15, 0.2) is 13.0 Å². The Labute approximate surface area is 155 Å². The molecule has 6 heteroatoms. The molecule has 1 aromatic carbocycles. The fourth-order valence-electron chi connectivity index (χ4n) is 3.31. The highest BCUT2D eigenvalue weighted by molar-refractivity contribution is 5.80. The highest BCUT2D eigenvalue weighted by Crippen LogP contribution is 2.39. The minimum atomic E-state index is -0.336. The summed E-state index contributed by atoms with van der Waals surface area (Å²) in [5.41, 5.74) is 4.23. The Hall–Kier alpha value is -2.34. The van der Waals surface area contributed by atoms with E-state index in [4.69, 9.17) is 14.5 Å². The monoisotopic (exact) mass is 359 g/mol. The third kappa shape index (κ3) is 3.33. The molecule has 0 spiro atoms. The van der Waals surface area contributed by atoms with Crippen molar-refractivity contribution in [1.82, 2.24) is 9.55 Å². The number of allylic oxidation sites excluding steroid dienone is 1. The predicted octanol–water partition coefficient (Wildman–Crippen LogP) is 4.84. The molecule has 0 fully saturated rings. The first kappa shape index (κ1) is 18.5. The summed E-state index contributed by atoms with van der Waals surface area (Å²) in [5, 5.41) is 3.52. The Balaban J connectivity index is 0.00000261. The second-order valence-electron chi connectivity index (χ2n) is 6.53. The summed E-state index contributed by atoms with van der Waals surface area (Å²) in [4.78, 5) is 16.2. The molecule has 0 bridgehead atoms. The zero-order valence-corrected chi connectivity index (χ0v) is 15.9.